The van der Waals surface area contributed by atoms with Gasteiger partial charge < -0.3 is 15.7 Å². The zero-order valence-corrected chi connectivity index (χ0v) is 12.8. The maximum Gasteiger partial charge on any atom is 0.131 e. The van der Waals surface area contributed by atoms with Crippen molar-refractivity contribution in [3.63, 3.8) is 0 Å². The van der Waals surface area contributed by atoms with E-state index in [0.29, 0.717) is 18.1 Å². The number of nitrogens with zero attached hydrogens (tertiary/aromatic N) is 3. The van der Waals surface area contributed by atoms with E-state index in [1.54, 1.807) is 12.1 Å². The topological polar surface area (TPSA) is 93.6 Å². The number of benzene rings is 1. The second kappa shape index (κ2) is 4.98. The molecule has 1 aromatic heterocycles. The van der Waals surface area contributed by atoms with Crippen LogP contribution in [0.25, 0.3) is 11.3 Å². The Hall–Kier alpha value is -2.63. The highest BCUT2D eigenvalue weighted by atomic mass is 16.6. The minimum atomic E-state index is -0.531. The van der Waals surface area contributed by atoms with Crippen LogP contribution in [0.2, 0.25) is 0 Å². The average molecular weight is 298 g/mol. The third-order valence-electron chi connectivity index (χ3n) is 3.89. The van der Waals surface area contributed by atoms with Gasteiger partial charge in [0.05, 0.1) is 11.4 Å². The number of hydrogen-bond acceptors (Lipinski definition) is 6. The number of hydrogen-bond donors (Lipinski definition) is 2. The van der Waals surface area contributed by atoms with Crippen molar-refractivity contribution in [1.82, 2.24) is 9.97 Å². The van der Waals surface area contributed by atoms with E-state index in [9.17, 15) is 5.11 Å². The molecule has 2 aromatic rings. The Labute approximate surface area is 128 Å². The lowest BCUT2D eigenvalue weighted by Gasteiger charge is -2.34. The highest BCUT2D eigenvalue weighted by Gasteiger charge is 2.40. The molecule has 0 spiro atoms. The number of rotatable bonds is 2. The van der Waals surface area contributed by atoms with Crippen molar-refractivity contribution in [3.05, 3.63) is 35.7 Å². The number of oxime groups is 1. The first kappa shape index (κ1) is 14.3. The molecule has 0 amide bonds. The van der Waals surface area contributed by atoms with Crippen LogP contribution in [-0.4, -0.2) is 27.4 Å². The third kappa shape index (κ3) is 1.99. The average Bonchev–Trinajstić information content (AvgIpc) is 2.46. The molecule has 0 atom stereocenters. The molecule has 0 saturated carbocycles. The molecule has 114 valence electrons. The molecule has 0 radical (unpaired) electrons. The Bertz CT molecular complexity index is 769. The van der Waals surface area contributed by atoms with Crippen LogP contribution < -0.4 is 5.73 Å². The Balaban J connectivity index is 2.37. The van der Waals surface area contributed by atoms with Crippen molar-refractivity contribution in [2.45, 2.75) is 26.2 Å². The summed E-state index contributed by atoms with van der Waals surface area (Å²) in [6.07, 6.45) is 1.45. The van der Waals surface area contributed by atoms with Gasteiger partial charge in [0.15, 0.2) is 0 Å². The highest BCUT2D eigenvalue weighted by molar-refractivity contribution is 6.15. The molecule has 3 N–H and O–H groups in total. The number of phenols is 1. The highest BCUT2D eigenvalue weighted by Crippen LogP contribution is 2.45. The van der Waals surface area contributed by atoms with Crippen LogP contribution in [0.1, 0.15) is 31.9 Å². The van der Waals surface area contributed by atoms with Gasteiger partial charge in [0.2, 0.25) is 0 Å². The first-order valence-electron chi connectivity index (χ1n) is 7.12. The lowest BCUT2D eigenvalue weighted by Crippen LogP contribution is -2.36. The van der Waals surface area contributed by atoms with Crippen LogP contribution in [0.3, 0.4) is 0 Å². The molecule has 0 aliphatic heterocycles. The smallest absolute Gasteiger partial charge is 0.131 e. The van der Waals surface area contributed by atoms with Crippen LogP contribution in [0.15, 0.2) is 29.7 Å². The predicted octanol–water partition coefficient (Wildman–Crippen LogP) is 2.46. The van der Waals surface area contributed by atoms with E-state index in [4.69, 9.17) is 10.6 Å². The normalized spacial score (nSPS) is 17.0. The molecule has 0 bridgehead atoms. The van der Waals surface area contributed by atoms with Gasteiger partial charge in [-0.3, -0.25) is 0 Å². The van der Waals surface area contributed by atoms with E-state index in [2.05, 4.69) is 15.1 Å². The molecular formula is C16H18N4O2. The van der Waals surface area contributed by atoms with Crippen molar-refractivity contribution >= 4 is 11.5 Å². The Kier molecular flexibility index (Phi) is 3.24. The molecule has 1 aromatic carbocycles. The summed E-state index contributed by atoms with van der Waals surface area (Å²) in [5.41, 5.74) is 9.52. The van der Waals surface area contributed by atoms with Gasteiger partial charge in [0.1, 0.15) is 24.5 Å². The van der Waals surface area contributed by atoms with Crippen molar-refractivity contribution in [3.8, 4) is 17.0 Å². The number of nitrogen functional groups attached to an aromatic ring is 1. The van der Waals surface area contributed by atoms with Gasteiger partial charge in [-0.05, 0) is 39.0 Å². The fraction of sp³-hybridized carbons (Fsp3) is 0.312. The lowest BCUT2D eigenvalue weighted by molar-refractivity contribution is 0.157. The first-order chi connectivity index (χ1) is 10.5. The first-order valence-corrected chi connectivity index (χ1v) is 7.12. The summed E-state index contributed by atoms with van der Waals surface area (Å²) in [7, 11) is 0. The molecular weight excluding hydrogens is 280 g/mol. The number of aromatic hydroxyl groups is 1. The summed E-state index contributed by atoms with van der Waals surface area (Å²) in [5, 5.41) is 14.1. The minimum Gasteiger partial charge on any atom is -0.508 e. The van der Waals surface area contributed by atoms with Gasteiger partial charge in [0, 0.05) is 22.1 Å². The quantitative estimate of drug-likeness (QED) is 0.831. The lowest BCUT2D eigenvalue weighted by atomic mass is 9.70. The van der Waals surface area contributed by atoms with E-state index >= 15 is 0 Å². The Morgan fingerprint density at radius 1 is 1.27 bits per heavy atom. The van der Waals surface area contributed by atoms with Crippen LogP contribution in [0.5, 0.6) is 5.75 Å². The maximum atomic E-state index is 9.85. The van der Waals surface area contributed by atoms with Crippen LogP contribution >= 0.6 is 0 Å². The van der Waals surface area contributed by atoms with E-state index in [-0.39, 0.29) is 5.75 Å². The third-order valence-corrected chi connectivity index (χ3v) is 3.89. The summed E-state index contributed by atoms with van der Waals surface area (Å²) in [4.78, 5) is 13.8. The number of anilines is 1. The van der Waals surface area contributed by atoms with Crippen molar-refractivity contribution in [2.75, 3.05) is 12.3 Å². The monoisotopic (exact) mass is 298 g/mol. The molecule has 6 heteroatoms. The molecule has 1 aliphatic rings. The zero-order valence-electron chi connectivity index (χ0n) is 12.8. The van der Waals surface area contributed by atoms with Gasteiger partial charge in [0.25, 0.3) is 0 Å². The predicted molar refractivity (Wildman–Crippen MR) is 84.7 cm³/mol. The largest absolute Gasteiger partial charge is 0.508 e. The van der Waals surface area contributed by atoms with Crippen molar-refractivity contribution in [1.29, 1.82) is 0 Å². The Morgan fingerprint density at radius 2 is 2.05 bits per heavy atom. The van der Waals surface area contributed by atoms with Crippen molar-refractivity contribution in [2.24, 2.45) is 5.16 Å². The second-order valence-electron chi connectivity index (χ2n) is 5.70. The van der Waals surface area contributed by atoms with Gasteiger partial charge in [-0.15, -0.1) is 0 Å². The number of fused-ring (bicyclic) bond motifs is 3. The van der Waals surface area contributed by atoms with Gasteiger partial charge in [-0.25, -0.2) is 9.97 Å². The fourth-order valence-corrected chi connectivity index (χ4v) is 2.90. The molecule has 1 heterocycles. The van der Waals surface area contributed by atoms with Gasteiger partial charge in [-0.2, -0.15) is 0 Å². The summed E-state index contributed by atoms with van der Waals surface area (Å²) in [6, 6.07) is 5.11. The number of nitrogens with two attached hydrogens (primary N) is 1. The maximum absolute atomic E-state index is 9.85. The van der Waals surface area contributed by atoms with E-state index < -0.39 is 5.41 Å². The van der Waals surface area contributed by atoms with Crippen LogP contribution in [0, 0.1) is 0 Å². The molecule has 3 rings (SSSR count). The molecule has 1 aliphatic carbocycles. The number of aromatic nitrogens is 2. The van der Waals surface area contributed by atoms with E-state index in [0.717, 1.165) is 22.4 Å². The van der Waals surface area contributed by atoms with E-state index in [1.807, 2.05) is 26.8 Å². The molecule has 0 saturated heterocycles. The van der Waals surface area contributed by atoms with Crippen molar-refractivity contribution < 1.29 is 9.94 Å². The van der Waals surface area contributed by atoms with Gasteiger partial charge in [-0.1, -0.05) is 5.16 Å². The van der Waals surface area contributed by atoms with Crippen LogP contribution in [0.4, 0.5) is 5.82 Å². The second-order valence-corrected chi connectivity index (χ2v) is 5.70. The molecule has 0 fully saturated rings. The minimum absolute atomic E-state index is 0.171. The summed E-state index contributed by atoms with van der Waals surface area (Å²) < 4.78 is 0. The van der Waals surface area contributed by atoms with E-state index in [1.165, 1.54) is 6.33 Å². The number of phenolic OH excluding ortho intramolecular Hbond substituents is 1. The summed E-state index contributed by atoms with van der Waals surface area (Å²) in [5.74, 6) is 0.599. The fourth-order valence-electron chi connectivity index (χ4n) is 2.90. The standard InChI is InChI=1S/C16H18N4O2/c1-4-22-20-14-11-7-9(21)5-6-10(11)13-12(16(14,2)3)15(17)19-8-18-13/h5-8,21H,4H2,1-3H3,(H2,17,18,19)/b20-14+. The van der Waals surface area contributed by atoms with Gasteiger partial charge >= 0.3 is 0 Å². The summed E-state index contributed by atoms with van der Waals surface area (Å²) >= 11 is 0. The molecule has 22 heavy (non-hydrogen) atoms. The SMILES string of the molecule is CCO/N=C1\c2cc(O)ccc2-c2ncnc(N)c2C1(C)C. The zero-order chi connectivity index (χ0) is 15.9. The Morgan fingerprint density at radius 3 is 2.77 bits per heavy atom. The summed E-state index contributed by atoms with van der Waals surface area (Å²) in [6.45, 7) is 6.32. The van der Waals surface area contributed by atoms with Crippen LogP contribution in [-0.2, 0) is 10.3 Å². The molecule has 6 nitrogen and oxygen atoms in total. The molecule has 0 unspecified atom stereocenters.